The highest BCUT2D eigenvalue weighted by atomic mass is 15.1. The Morgan fingerprint density at radius 2 is 1.12 bits per heavy atom. The third-order valence-corrected chi connectivity index (χ3v) is 11.8. The molecule has 2 nitrogen and oxygen atoms in total. The predicted molar refractivity (Wildman–Crippen MR) is 241 cm³/mol. The summed E-state index contributed by atoms with van der Waals surface area (Å²) in [5.41, 5.74) is 16.8. The van der Waals surface area contributed by atoms with E-state index in [0.29, 0.717) is 0 Å². The van der Waals surface area contributed by atoms with Crippen LogP contribution in [0.1, 0.15) is 16.7 Å². The van der Waals surface area contributed by atoms with E-state index in [2.05, 4.69) is 223 Å². The van der Waals surface area contributed by atoms with E-state index in [-0.39, 0.29) is 0 Å². The van der Waals surface area contributed by atoms with Gasteiger partial charge in [0.15, 0.2) is 0 Å². The van der Waals surface area contributed by atoms with Gasteiger partial charge in [0.1, 0.15) is 0 Å². The zero-order valence-corrected chi connectivity index (χ0v) is 31.7. The van der Waals surface area contributed by atoms with Crippen molar-refractivity contribution in [3.63, 3.8) is 0 Å². The number of fused-ring (bicyclic) bond motifs is 7. The van der Waals surface area contributed by atoms with Crippen LogP contribution in [0.3, 0.4) is 0 Å². The van der Waals surface area contributed by atoms with Crippen molar-refractivity contribution in [1.29, 1.82) is 0 Å². The summed E-state index contributed by atoms with van der Waals surface area (Å²) in [6.07, 6.45) is 0. The number of nitrogens with zero attached hydrogens (tertiary/aromatic N) is 2. The topological polar surface area (TPSA) is 8.17 Å². The second kappa shape index (κ2) is 13.1. The van der Waals surface area contributed by atoms with Gasteiger partial charge in [0, 0.05) is 33.1 Å². The lowest BCUT2D eigenvalue weighted by molar-refractivity contribution is 1.18. The van der Waals surface area contributed by atoms with Gasteiger partial charge in [-0.1, -0.05) is 158 Å². The van der Waals surface area contributed by atoms with Crippen LogP contribution in [0.4, 0.5) is 17.1 Å². The molecule has 0 saturated carbocycles. The second-order valence-electron chi connectivity index (χ2n) is 15.0. The lowest BCUT2D eigenvalue weighted by Gasteiger charge is -2.28. The first-order chi connectivity index (χ1) is 28.1. The molecule has 0 fully saturated rings. The highest BCUT2D eigenvalue weighted by Crippen LogP contribution is 2.48. The molecule has 57 heavy (non-hydrogen) atoms. The Morgan fingerprint density at radius 1 is 0.456 bits per heavy atom. The summed E-state index contributed by atoms with van der Waals surface area (Å²) in [7, 11) is 0. The van der Waals surface area contributed by atoms with Crippen LogP contribution >= 0.6 is 0 Å². The average Bonchev–Trinajstić information content (AvgIpc) is 3.77. The van der Waals surface area contributed by atoms with Crippen molar-refractivity contribution in [3.8, 4) is 27.9 Å². The van der Waals surface area contributed by atoms with Crippen LogP contribution in [0.5, 0.6) is 0 Å². The molecule has 1 aromatic heterocycles. The van der Waals surface area contributed by atoms with E-state index in [0.717, 1.165) is 28.0 Å². The van der Waals surface area contributed by atoms with Crippen molar-refractivity contribution < 1.29 is 0 Å². The number of aromatic nitrogens is 1. The summed E-state index contributed by atoms with van der Waals surface area (Å²) in [5.74, 6) is 0. The summed E-state index contributed by atoms with van der Waals surface area (Å²) in [4.78, 5) is 2.45. The fourth-order valence-corrected chi connectivity index (χ4v) is 9.24. The molecule has 0 aliphatic heterocycles. The van der Waals surface area contributed by atoms with E-state index in [4.69, 9.17) is 0 Å². The molecule has 10 aromatic rings. The molecule has 0 spiro atoms. The van der Waals surface area contributed by atoms with Gasteiger partial charge in [-0.25, -0.2) is 0 Å². The quantitative estimate of drug-likeness (QED) is 0.171. The van der Waals surface area contributed by atoms with Gasteiger partial charge >= 0.3 is 0 Å². The molecule has 1 aliphatic rings. The number of anilines is 3. The smallest absolute Gasteiger partial charge is 0.0542 e. The van der Waals surface area contributed by atoms with E-state index < -0.39 is 0 Å². The van der Waals surface area contributed by atoms with E-state index in [9.17, 15) is 0 Å². The van der Waals surface area contributed by atoms with E-state index in [1.807, 2.05) is 0 Å². The molecule has 0 N–H and O–H groups in total. The molecular formula is C55H38N2. The Hall–Kier alpha value is -7.42. The number of hydrogen-bond donors (Lipinski definition) is 0. The third-order valence-electron chi connectivity index (χ3n) is 11.8. The van der Waals surface area contributed by atoms with Gasteiger partial charge < -0.3 is 9.47 Å². The molecule has 0 amide bonds. The summed E-state index contributed by atoms with van der Waals surface area (Å²) in [5, 5.41) is 7.03. The number of benzene rings is 9. The zero-order valence-electron chi connectivity index (χ0n) is 31.7. The van der Waals surface area contributed by atoms with Gasteiger partial charge in [0.2, 0.25) is 0 Å². The largest absolute Gasteiger partial charge is 0.310 e. The summed E-state index contributed by atoms with van der Waals surface area (Å²) in [6, 6.07) is 72.9. The van der Waals surface area contributed by atoms with Gasteiger partial charge in [-0.15, -0.1) is 0 Å². The molecule has 0 saturated heterocycles. The Bertz CT molecular complexity index is 3330. The van der Waals surface area contributed by atoms with Crippen molar-refractivity contribution in [1.82, 2.24) is 4.57 Å². The molecule has 1 aliphatic carbocycles. The number of para-hydroxylation sites is 2. The molecule has 0 unspecified atom stereocenters. The standard InChI is InChI=1S/C55H38N2/c1-36-16-6-8-22-42(36)55-49-35-40(30-32-45(49)47-26-14-17-37(2)54(47)55)56(50-29-15-21-39-20-7-9-23-43(39)50)41-31-33-53-48(34-41)46-25-11-13-28-52(46)57(53)51-27-12-10-24-44(51)38-18-4-3-5-19-38/h3-35H,1H2,2H3/b55-42-. The van der Waals surface area contributed by atoms with Crippen LogP contribution in [0.2, 0.25) is 0 Å². The minimum absolute atomic E-state index is 1.03. The first kappa shape index (κ1) is 33.0. The Labute approximate surface area is 332 Å². The molecule has 1 heterocycles. The number of rotatable bonds is 5. The molecule has 0 radical (unpaired) electrons. The normalized spacial score (nSPS) is 12.9. The SMILES string of the molecule is C=c1cccc/c1=C1\c2cc(N(c3ccc4c(c3)c3ccccc3n4-c3ccccc3-c3ccccc3)c3cccc4ccccc34)ccc2-c2cccc(C)c21. The lowest BCUT2D eigenvalue weighted by atomic mass is 9.96. The Balaban J connectivity index is 1.18. The van der Waals surface area contributed by atoms with Crippen LogP contribution in [-0.2, 0) is 0 Å². The van der Waals surface area contributed by atoms with Crippen LogP contribution in [-0.4, -0.2) is 4.57 Å². The van der Waals surface area contributed by atoms with Gasteiger partial charge in [-0.2, -0.15) is 0 Å². The van der Waals surface area contributed by atoms with Crippen LogP contribution in [0.15, 0.2) is 200 Å². The van der Waals surface area contributed by atoms with Gasteiger partial charge in [0.05, 0.1) is 22.4 Å². The molecule has 2 heteroatoms. The van der Waals surface area contributed by atoms with Crippen LogP contribution in [0.25, 0.3) is 72.7 Å². The third kappa shape index (κ3) is 5.18. The summed E-state index contributed by atoms with van der Waals surface area (Å²) < 4.78 is 2.44. The minimum Gasteiger partial charge on any atom is -0.310 e. The predicted octanol–water partition coefficient (Wildman–Crippen LogP) is 13.0. The lowest BCUT2D eigenvalue weighted by Crippen LogP contribution is -2.25. The fourth-order valence-electron chi connectivity index (χ4n) is 9.24. The molecule has 11 rings (SSSR count). The molecule has 0 bridgehead atoms. The highest BCUT2D eigenvalue weighted by Gasteiger charge is 2.28. The first-order valence-electron chi connectivity index (χ1n) is 19.6. The Kier molecular flexibility index (Phi) is 7.58. The monoisotopic (exact) mass is 726 g/mol. The van der Waals surface area contributed by atoms with Gasteiger partial charge in [-0.3, -0.25) is 0 Å². The molecule has 268 valence electrons. The maximum Gasteiger partial charge on any atom is 0.0542 e. The van der Waals surface area contributed by atoms with E-state index in [1.165, 1.54) is 82.3 Å². The van der Waals surface area contributed by atoms with Gasteiger partial charge in [-0.05, 0) is 110 Å². The summed E-state index contributed by atoms with van der Waals surface area (Å²) >= 11 is 0. The minimum atomic E-state index is 1.03. The van der Waals surface area contributed by atoms with Crippen molar-refractivity contribution in [2.24, 2.45) is 0 Å². The summed E-state index contributed by atoms with van der Waals surface area (Å²) in [6.45, 7) is 6.72. The molecule has 0 atom stereocenters. The zero-order chi connectivity index (χ0) is 38.0. The number of aryl methyl sites for hydroxylation is 1. The molecular weight excluding hydrogens is 689 g/mol. The van der Waals surface area contributed by atoms with Gasteiger partial charge in [0.25, 0.3) is 0 Å². The fraction of sp³-hybridized carbons (Fsp3) is 0.0182. The first-order valence-corrected chi connectivity index (χ1v) is 19.6. The van der Waals surface area contributed by atoms with Crippen molar-refractivity contribution in [2.75, 3.05) is 4.90 Å². The maximum absolute atomic E-state index is 4.49. The molecule has 9 aromatic carbocycles. The second-order valence-corrected chi connectivity index (χ2v) is 15.0. The van der Waals surface area contributed by atoms with Crippen LogP contribution in [0, 0.1) is 6.92 Å². The maximum atomic E-state index is 4.49. The Morgan fingerprint density at radius 3 is 2.02 bits per heavy atom. The average molecular weight is 727 g/mol. The van der Waals surface area contributed by atoms with Crippen LogP contribution < -0.4 is 15.3 Å². The van der Waals surface area contributed by atoms with Crippen molar-refractivity contribution in [3.05, 3.63) is 227 Å². The van der Waals surface area contributed by atoms with Crippen molar-refractivity contribution >= 4 is 61.8 Å². The van der Waals surface area contributed by atoms with E-state index >= 15 is 0 Å². The van der Waals surface area contributed by atoms with Crippen molar-refractivity contribution in [2.45, 2.75) is 6.92 Å². The highest BCUT2D eigenvalue weighted by molar-refractivity contribution is 6.12. The number of hydrogen-bond acceptors (Lipinski definition) is 1. The van der Waals surface area contributed by atoms with E-state index in [1.54, 1.807) is 0 Å².